The number of rotatable bonds is 5. The van der Waals surface area contributed by atoms with Gasteiger partial charge < -0.3 is 14.8 Å². The molecule has 0 saturated carbocycles. The maximum Gasteiger partial charge on any atom is 0.124 e. The number of thiophene rings is 1. The van der Waals surface area contributed by atoms with Crippen molar-refractivity contribution in [3.8, 4) is 11.5 Å². The molecule has 0 saturated heterocycles. The molecule has 0 aliphatic heterocycles. The van der Waals surface area contributed by atoms with E-state index in [9.17, 15) is 0 Å². The Morgan fingerprint density at radius 3 is 2.47 bits per heavy atom. The maximum atomic E-state index is 5.46. The van der Waals surface area contributed by atoms with Gasteiger partial charge in [0.25, 0.3) is 0 Å². The van der Waals surface area contributed by atoms with Crippen LogP contribution in [0.1, 0.15) is 22.0 Å². The van der Waals surface area contributed by atoms with E-state index in [0.29, 0.717) is 0 Å². The van der Waals surface area contributed by atoms with Crippen molar-refractivity contribution >= 4 is 11.3 Å². The molecule has 1 atom stereocenters. The molecule has 0 aliphatic carbocycles. The zero-order valence-electron chi connectivity index (χ0n) is 11.7. The molecule has 19 heavy (non-hydrogen) atoms. The molecular weight excluding hydrogens is 258 g/mol. The Bertz CT molecular complexity index is 551. The zero-order valence-corrected chi connectivity index (χ0v) is 12.5. The largest absolute Gasteiger partial charge is 0.497 e. The van der Waals surface area contributed by atoms with Gasteiger partial charge in [-0.05, 0) is 49.2 Å². The number of nitrogens with one attached hydrogen (secondary N) is 1. The van der Waals surface area contributed by atoms with Gasteiger partial charge in [-0.25, -0.2) is 0 Å². The molecule has 0 aliphatic rings. The van der Waals surface area contributed by atoms with Crippen molar-refractivity contribution in [1.29, 1.82) is 0 Å². The summed E-state index contributed by atoms with van der Waals surface area (Å²) in [5.41, 5.74) is 2.33. The molecule has 0 fully saturated rings. The van der Waals surface area contributed by atoms with Crippen molar-refractivity contribution in [3.05, 3.63) is 45.6 Å². The molecule has 2 aromatic rings. The van der Waals surface area contributed by atoms with Crippen LogP contribution in [0.25, 0.3) is 0 Å². The molecule has 2 rings (SSSR count). The molecule has 1 heterocycles. The maximum absolute atomic E-state index is 5.46. The smallest absolute Gasteiger partial charge is 0.124 e. The molecule has 3 nitrogen and oxygen atoms in total. The van der Waals surface area contributed by atoms with Gasteiger partial charge >= 0.3 is 0 Å². The number of ether oxygens (including phenoxy) is 2. The van der Waals surface area contributed by atoms with E-state index in [0.717, 1.165) is 17.1 Å². The van der Waals surface area contributed by atoms with E-state index in [2.05, 4.69) is 23.7 Å². The number of methoxy groups -OCH3 is 2. The first-order valence-corrected chi connectivity index (χ1v) is 7.01. The molecule has 0 radical (unpaired) electrons. The average Bonchev–Trinajstić information content (AvgIpc) is 2.86. The van der Waals surface area contributed by atoms with E-state index in [1.807, 2.05) is 25.2 Å². The first-order chi connectivity index (χ1) is 9.19. The van der Waals surface area contributed by atoms with Gasteiger partial charge in [0.1, 0.15) is 11.5 Å². The minimum atomic E-state index is 0.106. The van der Waals surface area contributed by atoms with Crippen LogP contribution in [0, 0.1) is 6.92 Å². The Kier molecular flexibility index (Phi) is 4.45. The van der Waals surface area contributed by atoms with E-state index in [4.69, 9.17) is 9.47 Å². The minimum absolute atomic E-state index is 0.106. The molecule has 0 bridgehead atoms. The summed E-state index contributed by atoms with van der Waals surface area (Å²) in [7, 11) is 5.32. The highest BCUT2D eigenvalue weighted by molar-refractivity contribution is 7.10. The Morgan fingerprint density at radius 2 is 1.95 bits per heavy atom. The molecule has 4 heteroatoms. The summed E-state index contributed by atoms with van der Waals surface area (Å²) in [6.45, 7) is 2.11. The Balaban J connectivity index is 2.47. The molecule has 1 aromatic heterocycles. The lowest BCUT2D eigenvalue weighted by atomic mass is 10.00. The van der Waals surface area contributed by atoms with E-state index < -0.39 is 0 Å². The lowest BCUT2D eigenvalue weighted by molar-refractivity contribution is 0.395. The van der Waals surface area contributed by atoms with Crippen LogP contribution in [-0.2, 0) is 0 Å². The van der Waals surface area contributed by atoms with Crippen molar-refractivity contribution in [2.75, 3.05) is 21.3 Å². The van der Waals surface area contributed by atoms with Crippen molar-refractivity contribution in [3.63, 3.8) is 0 Å². The van der Waals surface area contributed by atoms with E-state index in [-0.39, 0.29) is 6.04 Å². The van der Waals surface area contributed by atoms with Gasteiger partial charge in [-0.1, -0.05) is 0 Å². The predicted molar refractivity (Wildman–Crippen MR) is 79.5 cm³/mol. The molecule has 0 amide bonds. The van der Waals surface area contributed by atoms with Crippen molar-refractivity contribution in [1.82, 2.24) is 5.32 Å². The van der Waals surface area contributed by atoms with Gasteiger partial charge in [0.15, 0.2) is 0 Å². The fourth-order valence-corrected chi connectivity index (χ4v) is 2.91. The third-order valence-electron chi connectivity index (χ3n) is 3.12. The highest BCUT2D eigenvalue weighted by Gasteiger charge is 2.18. The van der Waals surface area contributed by atoms with Gasteiger partial charge in [-0.2, -0.15) is 0 Å². The predicted octanol–water partition coefficient (Wildman–Crippen LogP) is 3.38. The summed E-state index contributed by atoms with van der Waals surface area (Å²) < 4.78 is 10.8. The normalized spacial score (nSPS) is 12.2. The second kappa shape index (κ2) is 6.08. The highest BCUT2D eigenvalue weighted by atomic mass is 32.1. The Morgan fingerprint density at radius 1 is 1.16 bits per heavy atom. The van der Waals surface area contributed by atoms with Gasteiger partial charge in [-0.15, -0.1) is 11.3 Å². The van der Waals surface area contributed by atoms with Crippen LogP contribution in [0.2, 0.25) is 0 Å². The second-order valence-corrected chi connectivity index (χ2v) is 5.44. The standard InChI is InChI=1S/C15H19NO2S/c1-10-7-11(9-19-10)15(16-2)13-8-12(17-3)5-6-14(13)18-4/h5-9,15-16H,1-4H3. The molecule has 1 N–H and O–H groups in total. The van der Waals surface area contributed by atoms with E-state index >= 15 is 0 Å². The molecule has 0 spiro atoms. The lowest BCUT2D eigenvalue weighted by Gasteiger charge is -2.19. The third kappa shape index (κ3) is 2.91. The molecule has 1 unspecified atom stereocenters. The summed E-state index contributed by atoms with van der Waals surface area (Å²) in [5, 5.41) is 5.52. The first-order valence-electron chi connectivity index (χ1n) is 6.13. The first kappa shape index (κ1) is 13.9. The minimum Gasteiger partial charge on any atom is -0.497 e. The van der Waals surface area contributed by atoms with Gasteiger partial charge in [0.05, 0.1) is 20.3 Å². The molecular formula is C15H19NO2S. The Labute approximate surface area is 118 Å². The Hall–Kier alpha value is -1.52. The van der Waals surface area contributed by atoms with Crippen LogP contribution in [0.3, 0.4) is 0 Å². The summed E-state index contributed by atoms with van der Waals surface area (Å²) in [6, 6.07) is 8.18. The van der Waals surface area contributed by atoms with Crippen LogP contribution in [0.15, 0.2) is 29.6 Å². The van der Waals surface area contributed by atoms with Crippen molar-refractivity contribution < 1.29 is 9.47 Å². The topological polar surface area (TPSA) is 30.5 Å². The average molecular weight is 277 g/mol. The number of hydrogen-bond donors (Lipinski definition) is 1. The quantitative estimate of drug-likeness (QED) is 0.909. The SMILES string of the molecule is CNC(c1csc(C)c1)c1cc(OC)ccc1OC. The van der Waals surface area contributed by atoms with Gasteiger partial charge in [0.2, 0.25) is 0 Å². The van der Waals surface area contributed by atoms with Crippen LogP contribution >= 0.6 is 11.3 Å². The molecule has 1 aromatic carbocycles. The highest BCUT2D eigenvalue weighted by Crippen LogP contribution is 2.34. The third-order valence-corrected chi connectivity index (χ3v) is 4.00. The van der Waals surface area contributed by atoms with Crippen molar-refractivity contribution in [2.24, 2.45) is 0 Å². The number of aryl methyl sites for hydroxylation is 1. The summed E-state index contributed by atoms with van der Waals surface area (Å²) in [5.74, 6) is 1.70. The summed E-state index contributed by atoms with van der Waals surface area (Å²) in [4.78, 5) is 1.30. The fraction of sp³-hybridized carbons (Fsp3) is 0.333. The fourth-order valence-electron chi connectivity index (χ4n) is 2.18. The molecule has 102 valence electrons. The van der Waals surface area contributed by atoms with Crippen LogP contribution < -0.4 is 14.8 Å². The van der Waals surface area contributed by atoms with E-state index in [1.165, 1.54) is 10.4 Å². The van der Waals surface area contributed by atoms with Crippen LogP contribution in [0.4, 0.5) is 0 Å². The lowest BCUT2D eigenvalue weighted by Crippen LogP contribution is -2.18. The summed E-state index contributed by atoms with van der Waals surface area (Å²) >= 11 is 1.75. The van der Waals surface area contributed by atoms with E-state index in [1.54, 1.807) is 25.6 Å². The zero-order chi connectivity index (χ0) is 13.8. The summed E-state index contributed by atoms with van der Waals surface area (Å²) in [6.07, 6.45) is 0. The van der Waals surface area contributed by atoms with Crippen molar-refractivity contribution in [2.45, 2.75) is 13.0 Å². The van der Waals surface area contributed by atoms with Crippen LogP contribution in [0.5, 0.6) is 11.5 Å². The number of hydrogen-bond acceptors (Lipinski definition) is 4. The second-order valence-electron chi connectivity index (χ2n) is 4.32. The van der Waals surface area contributed by atoms with Gasteiger partial charge in [-0.3, -0.25) is 0 Å². The van der Waals surface area contributed by atoms with Gasteiger partial charge in [0, 0.05) is 10.4 Å². The monoisotopic (exact) mass is 277 g/mol. The number of benzene rings is 1. The van der Waals surface area contributed by atoms with Crippen LogP contribution in [-0.4, -0.2) is 21.3 Å².